The highest BCUT2D eigenvalue weighted by Gasteiger charge is 2.25. The zero-order chi connectivity index (χ0) is 18.4. The Balaban J connectivity index is 1.97. The standard InChI is InChI=1S/C19H14FNO5/c1-10-13(7-18(22)23)14-6-16-17(26-9-25-16)8-15(14)21(10)19(24)11-3-2-4-12(20)5-11/h2-6,8H,7,9H2,1H3,(H,22,23). The molecule has 1 aromatic heterocycles. The third-order valence-electron chi connectivity index (χ3n) is 4.43. The summed E-state index contributed by atoms with van der Waals surface area (Å²) in [4.78, 5) is 24.3. The maximum Gasteiger partial charge on any atom is 0.307 e. The molecule has 7 heteroatoms. The molecule has 0 saturated carbocycles. The molecule has 1 aliphatic heterocycles. The minimum Gasteiger partial charge on any atom is -0.481 e. The number of aromatic nitrogens is 1. The highest BCUT2D eigenvalue weighted by molar-refractivity contribution is 6.05. The van der Waals surface area contributed by atoms with Crippen molar-refractivity contribution in [1.29, 1.82) is 0 Å². The minimum absolute atomic E-state index is 0.0625. The van der Waals surface area contributed by atoms with Crippen LogP contribution in [0.15, 0.2) is 36.4 Å². The minimum atomic E-state index is -1.01. The van der Waals surface area contributed by atoms with Gasteiger partial charge in [-0.1, -0.05) is 6.07 Å². The van der Waals surface area contributed by atoms with Gasteiger partial charge in [-0.05, 0) is 36.8 Å². The SMILES string of the molecule is Cc1c(CC(=O)O)c2cc3c(cc2n1C(=O)c1cccc(F)c1)OCO3. The Hall–Kier alpha value is -3.35. The molecule has 0 unspecified atom stereocenters. The molecule has 2 aromatic carbocycles. The average Bonchev–Trinajstić information content (AvgIpc) is 3.15. The van der Waals surface area contributed by atoms with Crippen molar-refractivity contribution >= 4 is 22.8 Å². The fraction of sp³-hybridized carbons (Fsp3) is 0.158. The fourth-order valence-corrected chi connectivity index (χ4v) is 3.26. The molecule has 0 aliphatic carbocycles. The molecule has 3 aromatic rings. The van der Waals surface area contributed by atoms with Gasteiger partial charge in [-0.15, -0.1) is 0 Å². The van der Waals surface area contributed by atoms with Crippen LogP contribution in [0.3, 0.4) is 0 Å². The van der Waals surface area contributed by atoms with E-state index in [1.54, 1.807) is 19.1 Å². The first-order chi connectivity index (χ1) is 12.5. The highest BCUT2D eigenvalue weighted by atomic mass is 19.1. The van der Waals surface area contributed by atoms with Crippen LogP contribution in [0.4, 0.5) is 4.39 Å². The van der Waals surface area contributed by atoms with Gasteiger partial charge >= 0.3 is 5.97 Å². The molecule has 1 aliphatic rings. The van der Waals surface area contributed by atoms with Crippen LogP contribution in [0, 0.1) is 12.7 Å². The number of hydrogen-bond acceptors (Lipinski definition) is 4. The first-order valence-corrected chi connectivity index (χ1v) is 7.91. The zero-order valence-electron chi connectivity index (χ0n) is 13.8. The number of halogens is 1. The van der Waals surface area contributed by atoms with Crippen LogP contribution in [-0.4, -0.2) is 28.3 Å². The molecule has 0 saturated heterocycles. The molecule has 1 N–H and O–H groups in total. The summed E-state index contributed by atoms with van der Waals surface area (Å²) in [5.74, 6) is -0.997. The maximum atomic E-state index is 13.5. The third-order valence-corrected chi connectivity index (χ3v) is 4.43. The number of carbonyl (C=O) groups is 2. The molecule has 132 valence electrons. The second kappa shape index (κ2) is 5.87. The van der Waals surface area contributed by atoms with Gasteiger partial charge in [0.1, 0.15) is 5.82 Å². The smallest absolute Gasteiger partial charge is 0.307 e. The number of aliphatic carboxylic acids is 1. The number of nitrogens with zero attached hydrogens (tertiary/aromatic N) is 1. The summed E-state index contributed by atoms with van der Waals surface area (Å²) in [7, 11) is 0. The zero-order valence-corrected chi connectivity index (χ0v) is 13.8. The number of fused-ring (bicyclic) bond motifs is 2. The Kier molecular flexibility index (Phi) is 3.64. The number of carbonyl (C=O) groups excluding carboxylic acids is 1. The Labute approximate surface area is 147 Å². The van der Waals surface area contributed by atoms with E-state index in [-0.39, 0.29) is 18.8 Å². The van der Waals surface area contributed by atoms with E-state index in [1.807, 2.05) is 0 Å². The predicted molar refractivity (Wildman–Crippen MR) is 90.3 cm³/mol. The molecule has 0 radical (unpaired) electrons. The summed E-state index contributed by atoms with van der Waals surface area (Å²) in [5.41, 5.74) is 1.66. The second-order valence-corrected chi connectivity index (χ2v) is 6.01. The summed E-state index contributed by atoms with van der Waals surface area (Å²) in [6, 6.07) is 8.70. The number of hydrogen-bond donors (Lipinski definition) is 1. The Morgan fingerprint density at radius 1 is 1.19 bits per heavy atom. The fourth-order valence-electron chi connectivity index (χ4n) is 3.26. The second-order valence-electron chi connectivity index (χ2n) is 6.01. The number of benzene rings is 2. The van der Waals surface area contributed by atoms with Gasteiger partial charge in [-0.25, -0.2) is 4.39 Å². The van der Waals surface area contributed by atoms with Crippen LogP contribution >= 0.6 is 0 Å². The monoisotopic (exact) mass is 355 g/mol. The third kappa shape index (κ3) is 2.48. The molecule has 26 heavy (non-hydrogen) atoms. The number of ether oxygens (including phenoxy) is 2. The van der Waals surface area contributed by atoms with Crippen LogP contribution in [0.1, 0.15) is 21.6 Å². The first-order valence-electron chi connectivity index (χ1n) is 7.91. The summed E-state index contributed by atoms with van der Waals surface area (Å²) in [6.45, 7) is 1.73. The highest BCUT2D eigenvalue weighted by Crippen LogP contribution is 2.39. The predicted octanol–water partition coefficient (Wildman–Crippen LogP) is 3.13. The van der Waals surface area contributed by atoms with Crippen molar-refractivity contribution in [2.75, 3.05) is 6.79 Å². The van der Waals surface area contributed by atoms with Crippen molar-refractivity contribution in [2.24, 2.45) is 0 Å². The van der Waals surface area contributed by atoms with Crippen molar-refractivity contribution in [3.63, 3.8) is 0 Å². The largest absolute Gasteiger partial charge is 0.481 e. The van der Waals surface area contributed by atoms with Gasteiger partial charge in [0, 0.05) is 22.7 Å². The molecule has 0 fully saturated rings. The normalized spacial score (nSPS) is 12.5. The lowest BCUT2D eigenvalue weighted by atomic mass is 10.1. The van der Waals surface area contributed by atoms with Crippen molar-refractivity contribution < 1.29 is 28.6 Å². The number of rotatable bonds is 3. The lowest BCUT2D eigenvalue weighted by Crippen LogP contribution is -2.14. The van der Waals surface area contributed by atoms with E-state index in [1.165, 1.54) is 22.8 Å². The van der Waals surface area contributed by atoms with Gasteiger partial charge in [-0.2, -0.15) is 0 Å². The maximum absolute atomic E-state index is 13.5. The molecule has 0 atom stereocenters. The molecular weight excluding hydrogens is 341 g/mol. The van der Waals surface area contributed by atoms with Crippen molar-refractivity contribution in [3.8, 4) is 11.5 Å². The number of carboxylic acids is 1. The van der Waals surface area contributed by atoms with E-state index < -0.39 is 17.7 Å². The lowest BCUT2D eigenvalue weighted by molar-refractivity contribution is -0.136. The van der Waals surface area contributed by atoms with Crippen LogP contribution < -0.4 is 9.47 Å². The van der Waals surface area contributed by atoms with Crippen LogP contribution in [0.2, 0.25) is 0 Å². The van der Waals surface area contributed by atoms with Gasteiger partial charge in [0.15, 0.2) is 11.5 Å². The van der Waals surface area contributed by atoms with Crippen molar-refractivity contribution in [2.45, 2.75) is 13.3 Å². The topological polar surface area (TPSA) is 77.8 Å². The summed E-state index contributed by atoms with van der Waals surface area (Å²) < 4.78 is 25.7. The van der Waals surface area contributed by atoms with Crippen molar-refractivity contribution in [1.82, 2.24) is 4.57 Å². The Morgan fingerprint density at radius 2 is 1.92 bits per heavy atom. The lowest BCUT2D eigenvalue weighted by Gasteiger charge is -2.08. The Bertz CT molecular complexity index is 1070. The molecular formula is C19H14FNO5. The van der Waals surface area contributed by atoms with Crippen LogP contribution in [-0.2, 0) is 11.2 Å². The van der Waals surface area contributed by atoms with E-state index >= 15 is 0 Å². The molecule has 0 bridgehead atoms. The van der Waals surface area contributed by atoms with Crippen molar-refractivity contribution in [3.05, 3.63) is 59.0 Å². The quantitative estimate of drug-likeness (QED) is 0.781. The summed E-state index contributed by atoms with van der Waals surface area (Å²) in [6.07, 6.45) is -0.245. The van der Waals surface area contributed by atoms with E-state index in [9.17, 15) is 19.1 Å². The van der Waals surface area contributed by atoms with Gasteiger partial charge in [0.2, 0.25) is 6.79 Å². The Morgan fingerprint density at radius 3 is 2.62 bits per heavy atom. The first kappa shape index (κ1) is 16.1. The van der Waals surface area contributed by atoms with E-state index in [4.69, 9.17) is 9.47 Å². The molecule has 4 rings (SSSR count). The summed E-state index contributed by atoms with van der Waals surface area (Å²) in [5, 5.41) is 9.84. The average molecular weight is 355 g/mol. The molecule has 0 amide bonds. The van der Waals surface area contributed by atoms with Gasteiger partial charge in [0.05, 0.1) is 11.9 Å². The van der Waals surface area contributed by atoms with Crippen LogP contribution in [0.25, 0.3) is 10.9 Å². The van der Waals surface area contributed by atoms with Crippen LogP contribution in [0.5, 0.6) is 11.5 Å². The summed E-state index contributed by atoms with van der Waals surface area (Å²) >= 11 is 0. The van der Waals surface area contributed by atoms with E-state index in [0.29, 0.717) is 33.7 Å². The molecule has 0 spiro atoms. The molecule has 2 heterocycles. The molecule has 6 nitrogen and oxygen atoms in total. The number of carboxylic acid groups (broad SMARTS) is 1. The van der Waals surface area contributed by atoms with E-state index in [2.05, 4.69) is 0 Å². The van der Waals surface area contributed by atoms with Gasteiger partial charge < -0.3 is 14.6 Å². The van der Waals surface area contributed by atoms with Gasteiger partial charge in [0.25, 0.3) is 5.91 Å². The van der Waals surface area contributed by atoms with Gasteiger partial charge in [-0.3, -0.25) is 14.2 Å². The van der Waals surface area contributed by atoms with E-state index in [0.717, 1.165) is 6.07 Å².